The Hall–Kier alpha value is -8.75. The second-order valence-electron chi connectivity index (χ2n) is 17.2. The average molecular weight is 1070 g/mol. The summed E-state index contributed by atoms with van der Waals surface area (Å²) in [5.41, 5.74) is -8.02. The van der Waals surface area contributed by atoms with Gasteiger partial charge in [-0.3, -0.25) is 0 Å². The number of hydrogen-bond acceptors (Lipinski definition) is 0. The van der Waals surface area contributed by atoms with E-state index in [1.807, 2.05) is 0 Å². The molecule has 382 valence electrons. The zero-order valence-corrected chi connectivity index (χ0v) is 37.3. The lowest BCUT2D eigenvalue weighted by Gasteiger charge is -2.14. The second-order valence-corrected chi connectivity index (χ2v) is 17.2. The molecule has 0 aliphatic heterocycles. The first-order valence-electron chi connectivity index (χ1n) is 21.7. The molecule has 0 N–H and O–H groups in total. The van der Waals surface area contributed by atoms with E-state index in [2.05, 4.69) is 0 Å². The molecule has 0 saturated heterocycles. The summed E-state index contributed by atoms with van der Waals surface area (Å²) in [5, 5.41) is -0.487. The number of nitrogens with zero attached hydrogens (tertiary/aromatic N) is 2. The van der Waals surface area contributed by atoms with Crippen LogP contribution in [0.2, 0.25) is 0 Å². The van der Waals surface area contributed by atoms with Crippen molar-refractivity contribution in [2.24, 2.45) is 0 Å². The Labute approximate surface area is 411 Å². The zero-order valence-electron chi connectivity index (χ0n) is 37.3. The molecule has 0 aliphatic rings. The van der Waals surface area contributed by atoms with E-state index in [-0.39, 0.29) is 55.0 Å². The van der Waals surface area contributed by atoms with Crippen LogP contribution >= 0.6 is 0 Å². The Balaban J connectivity index is 1.18. The van der Waals surface area contributed by atoms with Gasteiger partial charge in [0.05, 0.1) is 44.3 Å². The molecule has 0 spiro atoms. The van der Waals surface area contributed by atoms with Gasteiger partial charge in [-0.1, -0.05) is 30.3 Å². The average Bonchev–Trinajstić information content (AvgIpc) is 3.95. The predicted octanol–water partition coefficient (Wildman–Crippen LogP) is 17.5. The fourth-order valence-electron chi connectivity index (χ4n) is 9.58. The minimum Gasteiger partial charge on any atom is -0.309 e. The summed E-state index contributed by atoms with van der Waals surface area (Å²) in [6.45, 7) is 0.834. The Morgan fingerprint density at radius 2 is 0.461 bits per heavy atom. The van der Waals surface area contributed by atoms with Crippen LogP contribution in [0.15, 0.2) is 97.1 Å². The highest BCUT2D eigenvalue weighted by molar-refractivity contribution is 6.13. The van der Waals surface area contributed by atoms with E-state index in [9.17, 15) is 48.3 Å². The van der Waals surface area contributed by atoms with Crippen molar-refractivity contribution in [1.82, 2.24) is 9.13 Å². The Kier molecular flexibility index (Phi) is 11.3. The normalized spacial score (nSPS) is 11.9. The van der Waals surface area contributed by atoms with Gasteiger partial charge in [0.15, 0.2) is 87.3 Å². The molecule has 76 heavy (non-hydrogen) atoms. The van der Waals surface area contributed by atoms with Crippen LogP contribution in [0.25, 0.3) is 99.5 Å². The molecule has 0 saturated carbocycles. The maximum Gasteiger partial charge on any atom is 0.200 e. The van der Waals surface area contributed by atoms with Gasteiger partial charge in [0.1, 0.15) is 5.82 Å². The smallest absolute Gasteiger partial charge is 0.200 e. The lowest BCUT2D eigenvalue weighted by Crippen LogP contribution is -2.04. The van der Waals surface area contributed by atoms with Crippen molar-refractivity contribution in [2.75, 3.05) is 0 Å². The molecule has 2 nitrogen and oxygen atoms in total. The summed E-state index contributed by atoms with van der Waals surface area (Å²) in [5.74, 6) is -42.0. The first-order chi connectivity index (χ1) is 36.0. The highest BCUT2D eigenvalue weighted by Crippen LogP contribution is 2.44. The summed E-state index contributed by atoms with van der Waals surface area (Å²) in [6, 6.07) is 18.4. The fraction of sp³-hybridized carbons (Fsp3) is 0.0182. The summed E-state index contributed by atoms with van der Waals surface area (Å²) in [4.78, 5) is 0. The van der Waals surface area contributed by atoms with Crippen molar-refractivity contribution in [3.05, 3.63) is 213 Å². The third kappa shape index (κ3) is 6.92. The van der Waals surface area contributed by atoms with Crippen molar-refractivity contribution < 1.29 is 83.4 Å². The molecule has 11 rings (SSSR count). The number of hydrogen-bond donors (Lipinski definition) is 0. The number of halogens is 19. The maximum absolute atomic E-state index is 15.6. The summed E-state index contributed by atoms with van der Waals surface area (Å²) in [7, 11) is 0. The van der Waals surface area contributed by atoms with E-state index >= 15 is 35.1 Å². The molecule has 11 aromatic rings. The van der Waals surface area contributed by atoms with E-state index in [1.165, 1.54) is 45.5 Å². The second kappa shape index (κ2) is 17.4. The molecule has 0 atom stereocenters. The Bertz CT molecular complexity index is 3780. The monoisotopic (exact) mass is 1070 g/mol. The molecule has 0 bridgehead atoms. The molecular formula is C55H19F19N2. The van der Waals surface area contributed by atoms with Crippen LogP contribution < -0.4 is 0 Å². The van der Waals surface area contributed by atoms with Gasteiger partial charge < -0.3 is 9.13 Å². The number of benzene rings is 9. The number of fused-ring (bicyclic) bond motifs is 6. The van der Waals surface area contributed by atoms with E-state index in [0.29, 0.717) is 0 Å². The zero-order chi connectivity index (χ0) is 54.4. The third-order valence-corrected chi connectivity index (χ3v) is 13.1. The molecule has 9 aromatic carbocycles. The van der Waals surface area contributed by atoms with Crippen molar-refractivity contribution in [3.8, 4) is 55.9 Å². The van der Waals surface area contributed by atoms with Crippen molar-refractivity contribution in [2.45, 2.75) is 6.92 Å². The van der Waals surface area contributed by atoms with Crippen LogP contribution in [-0.4, -0.2) is 9.13 Å². The number of aromatic nitrogens is 2. The van der Waals surface area contributed by atoms with E-state index in [4.69, 9.17) is 0 Å². The molecule has 0 fully saturated rings. The van der Waals surface area contributed by atoms with E-state index in [1.54, 1.807) is 0 Å². The molecule has 2 aromatic heterocycles. The largest absolute Gasteiger partial charge is 0.309 e. The van der Waals surface area contributed by atoms with Crippen molar-refractivity contribution in [1.29, 1.82) is 0 Å². The molecule has 0 amide bonds. The van der Waals surface area contributed by atoms with Gasteiger partial charge in [-0.05, 0) is 95.9 Å². The van der Waals surface area contributed by atoms with Gasteiger partial charge in [0.25, 0.3) is 0 Å². The maximum atomic E-state index is 15.6. The molecule has 0 unspecified atom stereocenters. The Morgan fingerprint density at radius 1 is 0.237 bits per heavy atom. The van der Waals surface area contributed by atoms with Gasteiger partial charge in [-0.2, -0.15) is 0 Å². The van der Waals surface area contributed by atoms with Crippen LogP contribution in [0.1, 0.15) is 5.56 Å². The molecular weight excluding hydrogens is 1050 g/mol. The van der Waals surface area contributed by atoms with Crippen molar-refractivity contribution >= 4 is 43.6 Å². The SMILES string of the molecule is Cc1c(F)c(F)c(F)c(-c2ccc3c(c2)c2cc(-c4c(F)c(F)c(F)c(F)c4F)ccc2n3-c2cccc(-n3c4ccc(-c5c(F)c(F)c(F)c(F)c5F)cc4c4cc(-c5c(F)c(F)c(F)c(F)c5F)ccc43)c2)c1F. The molecule has 21 heteroatoms. The Morgan fingerprint density at radius 3 is 0.724 bits per heavy atom. The molecule has 0 aliphatic carbocycles. The fourth-order valence-corrected chi connectivity index (χ4v) is 9.58. The number of rotatable bonds is 6. The van der Waals surface area contributed by atoms with Gasteiger partial charge in [-0.15, -0.1) is 0 Å². The van der Waals surface area contributed by atoms with E-state index < -0.39 is 161 Å². The minimum absolute atomic E-state index is 0.0135. The summed E-state index contributed by atoms with van der Waals surface area (Å²) in [6.07, 6.45) is 0. The third-order valence-electron chi connectivity index (χ3n) is 13.1. The van der Waals surface area contributed by atoms with Gasteiger partial charge in [0.2, 0.25) is 17.5 Å². The van der Waals surface area contributed by atoms with Crippen LogP contribution in [0, 0.1) is 117 Å². The summed E-state index contributed by atoms with van der Waals surface area (Å²) < 4.78 is 285. The van der Waals surface area contributed by atoms with Crippen LogP contribution in [0.3, 0.4) is 0 Å². The molecule has 2 heterocycles. The van der Waals surface area contributed by atoms with Crippen molar-refractivity contribution in [3.63, 3.8) is 0 Å². The van der Waals surface area contributed by atoms with Crippen LogP contribution in [-0.2, 0) is 0 Å². The van der Waals surface area contributed by atoms with Crippen LogP contribution in [0.5, 0.6) is 0 Å². The minimum atomic E-state index is -2.48. The van der Waals surface area contributed by atoms with E-state index in [0.717, 1.165) is 67.6 Å². The topological polar surface area (TPSA) is 9.86 Å². The van der Waals surface area contributed by atoms with Gasteiger partial charge in [0, 0.05) is 38.5 Å². The quantitative estimate of drug-likeness (QED) is 0.0892. The highest BCUT2D eigenvalue weighted by Gasteiger charge is 2.32. The standard InChI is InChI=1S/C55H19F19N2/c1-18-37(56)33(39(58)46(65)38(18)57)19-5-9-29-25(13-19)26-14-20(34-40(59)47(66)53(72)48(67)41(34)60)6-10-30(26)75(29)23-3-2-4-24(17-23)76-31-11-7-21(35-42(61)49(68)54(73)50(69)43(35)62)15-27(31)28-16-22(8-12-32(28)76)36-44(63)51(70)55(74)52(71)45(36)64/h2-17H,1H3. The first kappa shape index (κ1) is 49.5. The van der Waals surface area contributed by atoms with Gasteiger partial charge in [-0.25, -0.2) is 83.4 Å². The first-order valence-corrected chi connectivity index (χ1v) is 21.7. The summed E-state index contributed by atoms with van der Waals surface area (Å²) >= 11 is 0. The highest BCUT2D eigenvalue weighted by atomic mass is 19.2. The predicted molar refractivity (Wildman–Crippen MR) is 241 cm³/mol. The lowest BCUT2D eigenvalue weighted by molar-refractivity contribution is 0.381. The lowest BCUT2D eigenvalue weighted by atomic mass is 9.97. The van der Waals surface area contributed by atoms with Crippen LogP contribution in [0.4, 0.5) is 83.4 Å². The van der Waals surface area contributed by atoms with Gasteiger partial charge >= 0.3 is 0 Å². The molecule has 0 radical (unpaired) electrons.